The molecule has 1 aromatic heterocycles. The molecule has 1 aliphatic rings. The van der Waals surface area contributed by atoms with Crippen molar-refractivity contribution in [3.8, 4) is 5.88 Å². The standard InChI is InChI=1S/C17H19ClN2O/c1-2-21-17-16(8-5-9-19-17)20-13-10-12(11-13)14-6-3-4-7-15(14)18/h3-9,12-13,20H,2,10-11H2,1H3. The Balaban J connectivity index is 1.62. The highest BCUT2D eigenvalue weighted by atomic mass is 35.5. The molecule has 0 unspecified atom stereocenters. The van der Waals surface area contributed by atoms with Gasteiger partial charge in [-0.3, -0.25) is 0 Å². The van der Waals surface area contributed by atoms with Crippen LogP contribution in [0.15, 0.2) is 42.6 Å². The van der Waals surface area contributed by atoms with Crippen LogP contribution in [0.3, 0.4) is 0 Å². The third-order valence-electron chi connectivity index (χ3n) is 3.89. The Bertz CT molecular complexity index is 611. The summed E-state index contributed by atoms with van der Waals surface area (Å²) in [5, 5.41) is 4.39. The van der Waals surface area contributed by atoms with E-state index >= 15 is 0 Å². The van der Waals surface area contributed by atoms with Gasteiger partial charge in [-0.15, -0.1) is 0 Å². The van der Waals surface area contributed by atoms with E-state index in [0.717, 1.165) is 23.6 Å². The van der Waals surface area contributed by atoms with Crippen LogP contribution in [0.4, 0.5) is 5.69 Å². The number of aromatic nitrogens is 1. The van der Waals surface area contributed by atoms with E-state index in [9.17, 15) is 0 Å². The van der Waals surface area contributed by atoms with Gasteiger partial charge in [0.15, 0.2) is 0 Å². The molecule has 1 heterocycles. The van der Waals surface area contributed by atoms with Crippen LogP contribution in [0.2, 0.25) is 5.02 Å². The molecule has 1 N–H and O–H groups in total. The lowest BCUT2D eigenvalue weighted by molar-refractivity contribution is 0.325. The maximum Gasteiger partial charge on any atom is 0.237 e. The smallest absolute Gasteiger partial charge is 0.237 e. The first-order valence-corrected chi connectivity index (χ1v) is 7.74. The van der Waals surface area contributed by atoms with Gasteiger partial charge in [-0.1, -0.05) is 29.8 Å². The van der Waals surface area contributed by atoms with Crippen molar-refractivity contribution in [2.45, 2.75) is 31.7 Å². The van der Waals surface area contributed by atoms with Crippen LogP contribution in [0, 0.1) is 0 Å². The molecular weight excluding hydrogens is 284 g/mol. The van der Waals surface area contributed by atoms with Crippen LogP contribution in [0.1, 0.15) is 31.2 Å². The fourth-order valence-electron chi connectivity index (χ4n) is 2.77. The Morgan fingerprint density at radius 3 is 2.81 bits per heavy atom. The number of hydrogen-bond acceptors (Lipinski definition) is 3. The SMILES string of the molecule is CCOc1ncccc1NC1CC(c2ccccc2Cl)C1. The lowest BCUT2D eigenvalue weighted by Gasteiger charge is -2.37. The van der Waals surface area contributed by atoms with Crippen LogP contribution in [0.5, 0.6) is 5.88 Å². The fourth-order valence-corrected chi connectivity index (χ4v) is 3.06. The number of ether oxygens (including phenoxy) is 1. The number of pyridine rings is 1. The van der Waals surface area contributed by atoms with E-state index in [0.29, 0.717) is 24.4 Å². The van der Waals surface area contributed by atoms with Crippen molar-refractivity contribution in [2.75, 3.05) is 11.9 Å². The first-order chi connectivity index (χ1) is 10.3. The van der Waals surface area contributed by atoms with Gasteiger partial charge >= 0.3 is 0 Å². The molecule has 0 aliphatic heterocycles. The largest absolute Gasteiger partial charge is 0.476 e. The van der Waals surface area contributed by atoms with Gasteiger partial charge in [-0.05, 0) is 49.4 Å². The zero-order chi connectivity index (χ0) is 14.7. The van der Waals surface area contributed by atoms with Crippen molar-refractivity contribution < 1.29 is 4.74 Å². The average Bonchev–Trinajstić information content (AvgIpc) is 2.45. The molecule has 0 atom stereocenters. The highest BCUT2D eigenvalue weighted by Gasteiger charge is 2.31. The fraction of sp³-hybridized carbons (Fsp3) is 0.353. The minimum absolute atomic E-state index is 0.453. The van der Waals surface area contributed by atoms with E-state index in [1.165, 1.54) is 5.56 Å². The van der Waals surface area contributed by atoms with Gasteiger partial charge in [-0.2, -0.15) is 0 Å². The van der Waals surface area contributed by atoms with Crippen LogP contribution in [-0.2, 0) is 0 Å². The topological polar surface area (TPSA) is 34.1 Å². The molecule has 3 rings (SSSR count). The molecule has 0 spiro atoms. The second kappa shape index (κ2) is 6.35. The number of benzene rings is 1. The third-order valence-corrected chi connectivity index (χ3v) is 4.24. The molecule has 1 aromatic carbocycles. The summed E-state index contributed by atoms with van der Waals surface area (Å²) in [7, 11) is 0. The van der Waals surface area contributed by atoms with Crippen LogP contribution in [0.25, 0.3) is 0 Å². The number of halogens is 1. The zero-order valence-electron chi connectivity index (χ0n) is 12.1. The van der Waals surface area contributed by atoms with E-state index in [-0.39, 0.29) is 0 Å². The molecule has 110 valence electrons. The minimum Gasteiger partial charge on any atom is -0.476 e. The lowest BCUT2D eigenvalue weighted by atomic mass is 9.76. The van der Waals surface area contributed by atoms with Crippen LogP contribution < -0.4 is 10.1 Å². The van der Waals surface area contributed by atoms with Crippen molar-refractivity contribution in [3.63, 3.8) is 0 Å². The van der Waals surface area contributed by atoms with E-state index in [4.69, 9.17) is 16.3 Å². The molecule has 0 bridgehead atoms. The molecule has 1 saturated carbocycles. The monoisotopic (exact) mass is 302 g/mol. The van der Waals surface area contributed by atoms with Gasteiger partial charge in [0.05, 0.1) is 12.3 Å². The maximum absolute atomic E-state index is 6.26. The molecular formula is C17H19ClN2O. The quantitative estimate of drug-likeness (QED) is 0.883. The summed E-state index contributed by atoms with van der Waals surface area (Å²) in [5.41, 5.74) is 2.23. The van der Waals surface area contributed by atoms with Gasteiger partial charge in [0.1, 0.15) is 0 Å². The number of anilines is 1. The van der Waals surface area contributed by atoms with Gasteiger partial charge in [0.25, 0.3) is 0 Å². The van der Waals surface area contributed by atoms with E-state index in [1.807, 2.05) is 31.2 Å². The second-order valence-electron chi connectivity index (χ2n) is 5.32. The molecule has 4 heteroatoms. The highest BCUT2D eigenvalue weighted by Crippen LogP contribution is 2.41. The molecule has 1 aliphatic carbocycles. The van der Waals surface area contributed by atoms with Crippen molar-refractivity contribution in [3.05, 3.63) is 53.2 Å². The van der Waals surface area contributed by atoms with Crippen molar-refractivity contribution in [1.82, 2.24) is 4.98 Å². The summed E-state index contributed by atoms with van der Waals surface area (Å²) in [4.78, 5) is 4.27. The number of nitrogens with one attached hydrogen (secondary N) is 1. The van der Waals surface area contributed by atoms with Crippen LogP contribution in [-0.4, -0.2) is 17.6 Å². The molecule has 21 heavy (non-hydrogen) atoms. The van der Waals surface area contributed by atoms with Gasteiger partial charge in [0, 0.05) is 17.3 Å². The summed E-state index contributed by atoms with van der Waals surface area (Å²) in [6, 6.07) is 12.5. The Hall–Kier alpha value is -1.74. The first-order valence-electron chi connectivity index (χ1n) is 7.36. The molecule has 0 amide bonds. The van der Waals surface area contributed by atoms with E-state index in [1.54, 1.807) is 6.20 Å². The summed E-state index contributed by atoms with van der Waals surface area (Å²) in [6.07, 6.45) is 3.93. The van der Waals surface area contributed by atoms with Gasteiger partial charge in [0.2, 0.25) is 5.88 Å². The number of hydrogen-bond donors (Lipinski definition) is 1. The Morgan fingerprint density at radius 1 is 1.24 bits per heavy atom. The summed E-state index contributed by atoms with van der Waals surface area (Å²) >= 11 is 6.26. The van der Waals surface area contributed by atoms with Crippen LogP contribution >= 0.6 is 11.6 Å². The first kappa shape index (κ1) is 14.2. The predicted molar refractivity (Wildman–Crippen MR) is 86.2 cm³/mol. The predicted octanol–water partition coefficient (Wildman–Crippen LogP) is 4.49. The Labute approximate surface area is 130 Å². The number of rotatable bonds is 5. The van der Waals surface area contributed by atoms with E-state index < -0.39 is 0 Å². The highest BCUT2D eigenvalue weighted by molar-refractivity contribution is 6.31. The summed E-state index contributed by atoms with van der Waals surface area (Å²) in [5.74, 6) is 1.23. The minimum atomic E-state index is 0.453. The van der Waals surface area contributed by atoms with Gasteiger partial charge in [-0.25, -0.2) is 4.98 Å². The molecule has 2 aromatic rings. The Kier molecular flexibility index (Phi) is 4.30. The molecule has 0 saturated heterocycles. The summed E-state index contributed by atoms with van der Waals surface area (Å²) in [6.45, 7) is 2.59. The number of nitrogens with zero attached hydrogens (tertiary/aromatic N) is 1. The van der Waals surface area contributed by atoms with Crippen molar-refractivity contribution >= 4 is 17.3 Å². The average molecular weight is 303 g/mol. The lowest BCUT2D eigenvalue weighted by Crippen LogP contribution is -2.34. The van der Waals surface area contributed by atoms with E-state index in [2.05, 4.69) is 22.4 Å². The third kappa shape index (κ3) is 3.13. The van der Waals surface area contributed by atoms with Crippen molar-refractivity contribution in [1.29, 1.82) is 0 Å². The molecule has 3 nitrogen and oxygen atoms in total. The van der Waals surface area contributed by atoms with Gasteiger partial charge < -0.3 is 10.1 Å². The summed E-state index contributed by atoms with van der Waals surface area (Å²) < 4.78 is 5.54. The Morgan fingerprint density at radius 2 is 2.05 bits per heavy atom. The maximum atomic E-state index is 6.26. The van der Waals surface area contributed by atoms with Crippen molar-refractivity contribution in [2.24, 2.45) is 0 Å². The second-order valence-corrected chi connectivity index (χ2v) is 5.73. The zero-order valence-corrected chi connectivity index (χ0v) is 12.8. The molecule has 1 fully saturated rings. The molecule has 0 radical (unpaired) electrons. The normalized spacial score (nSPS) is 20.7.